The molecule has 6 nitrogen and oxygen atoms in total. The third kappa shape index (κ3) is 5.06. The van der Waals surface area contributed by atoms with Gasteiger partial charge in [0.2, 0.25) is 0 Å². The number of hydrogen-bond donors (Lipinski definition) is 1. The third-order valence-electron chi connectivity index (χ3n) is 5.29. The summed E-state index contributed by atoms with van der Waals surface area (Å²) in [5.41, 5.74) is 3.51. The number of fused-ring (bicyclic) bond motifs is 1. The van der Waals surface area contributed by atoms with Crippen LogP contribution >= 0.6 is 24.8 Å². The molecular formula is C22H28Cl2N4O2. The molecule has 8 heteroatoms. The average Bonchev–Trinajstić information content (AvgIpc) is 3.34. The molecule has 1 saturated heterocycles. The normalized spacial score (nSPS) is 15.5. The van der Waals surface area contributed by atoms with E-state index in [-0.39, 0.29) is 30.7 Å². The molecule has 2 aromatic heterocycles. The lowest BCUT2D eigenvalue weighted by molar-refractivity contribution is 0.0782. The van der Waals surface area contributed by atoms with Gasteiger partial charge in [-0.15, -0.1) is 24.8 Å². The van der Waals surface area contributed by atoms with Crippen LogP contribution < -0.4 is 10.1 Å². The highest BCUT2D eigenvalue weighted by Crippen LogP contribution is 2.25. The number of likely N-dealkylation sites (tertiary alicyclic amines) is 1. The van der Waals surface area contributed by atoms with Crippen LogP contribution in [0.3, 0.4) is 0 Å². The van der Waals surface area contributed by atoms with Crippen LogP contribution in [0.15, 0.2) is 48.8 Å². The number of benzene rings is 1. The molecule has 1 aliphatic heterocycles. The molecule has 30 heavy (non-hydrogen) atoms. The summed E-state index contributed by atoms with van der Waals surface area (Å²) < 4.78 is 8.01. The van der Waals surface area contributed by atoms with E-state index in [1.165, 1.54) is 0 Å². The molecular weight excluding hydrogens is 423 g/mol. The van der Waals surface area contributed by atoms with Crippen LogP contribution in [-0.2, 0) is 6.61 Å². The Balaban J connectivity index is 0.00000160. The van der Waals surface area contributed by atoms with E-state index >= 15 is 0 Å². The fourth-order valence-electron chi connectivity index (χ4n) is 3.84. The Kier molecular flexibility index (Phi) is 8.53. The Labute approximate surface area is 189 Å². The quantitative estimate of drug-likeness (QED) is 0.621. The molecule has 162 valence electrons. The fraction of sp³-hybridized carbons (Fsp3) is 0.364. The number of imidazole rings is 1. The van der Waals surface area contributed by atoms with Crippen LogP contribution in [0.5, 0.6) is 5.75 Å². The second-order valence-corrected chi connectivity index (χ2v) is 7.40. The maximum atomic E-state index is 13.0. The number of aryl methyl sites for hydroxylation is 1. The van der Waals surface area contributed by atoms with Gasteiger partial charge >= 0.3 is 0 Å². The molecule has 1 fully saturated rings. The van der Waals surface area contributed by atoms with Crippen molar-refractivity contribution in [2.24, 2.45) is 5.92 Å². The Morgan fingerprint density at radius 3 is 2.80 bits per heavy atom. The number of ether oxygens (including phenoxy) is 1. The second-order valence-electron chi connectivity index (χ2n) is 7.40. The number of amides is 1. The Morgan fingerprint density at radius 2 is 2.03 bits per heavy atom. The first-order chi connectivity index (χ1) is 13.7. The summed E-state index contributed by atoms with van der Waals surface area (Å²) in [5.74, 6) is 1.17. The summed E-state index contributed by atoms with van der Waals surface area (Å²) in [6.07, 6.45) is 4.98. The summed E-state index contributed by atoms with van der Waals surface area (Å²) >= 11 is 0. The Hall–Kier alpha value is -2.28. The van der Waals surface area contributed by atoms with Gasteiger partial charge in [0.05, 0.1) is 11.3 Å². The first kappa shape index (κ1) is 24.0. The minimum absolute atomic E-state index is 0. The molecule has 0 bridgehead atoms. The number of carbonyl (C=O) groups is 1. The number of pyridine rings is 1. The van der Waals surface area contributed by atoms with Gasteiger partial charge in [0.1, 0.15) is 18.0 Å². The molecule has 0 aliphatic carbocycles. The average molecular weight is 451 g/mol. The van der Waals surface area contributed by atoms with Crippen LogP contribution in [0.25, 0.3) is 5.65 Å². The van der Waals surface area contributed by atoms with Crippen molar-refractivity contribution in [1.29, 1.82) is 0 Å². The van der Waals surface area contributed by atoms with Gasteiger partial charge < -0.3 is 19.4 Å². The monoisotopic (exact) mass is 450 g/mol. The molecule has 1 N–H and O–H groups in total. The Morgan fingerprint density at radius 1 is 1.23 bits per heavy atom. The maximum absolute atomic E-state index is 13.0. The Bertz CT molecular complexity index is 992. The van der Waals surface area contributed by atoms with Crippen molar-refractivity contribution in [3.63, 3.8) is 0 Å². The minimum atomic E-state index is 0. The zero-order valence-electron chi connectivity index (χ0n) is 17.2. The first-order valence-corrected chi connectivity index (χ1v) is 9.74. The number of nitrogens with zero attached hydrogens (tertiary/aromatic N) is 3. The predicted molar refractivity (Wildman–Crippen MR) is 123 cm³/mol. The lowest BCUT2D eigenvalue weighted by Crippen LogP contribution is -2.30. The predicted octanol–water partition coefficient (Wildman–Crippen LogP) is 3.75. The van der Waals surface area contributed by atoms with Crippen LogP contribution in [0, 0.1) is 12.8 Å². The number of halogens is 2. The van der Waals surface area contributed by atoms with E-state index < -0.39 is 0 Å². The lowest BCUT2D eigenvalue weighted by Gasteiger charge is -2.18. The highest BCUT2D eigenvalue weighted by molar-refractivity contribution is 5.97. The van der Waals surface area contributed by atoms with Crippen molar-refractivity contribution < 1.29 is 9.53 Å². The molecule has 3 heterocycles. The summed E-state index contributed by atoms with van der Waals surface area (Å²) in [6.45, 7) is 4.90. The molecule has 1 unspecified atom stereocenters. The van der Waals surface area contributed by atoms with Gasteiger partial charge in [-0.3, -0.25) is 4.79 Å². The molecule has 0 radical (unpaired) electrons. The first-order valence-electron chi connectivity index (χ1n) is 9.74. The van der Waals surface area contributed by atoms with Crippen LogP contribution in [0.2, 0.25) is 0 Å². The topological polar surface area (TPSA) is 58.9 Å². The molecule has 0 saturated carbocycles. The zero-order chi connectivity index (χ0) is 19.5. The number of nitrogens with one attached hydrogen (secondary N) is 1. The van der Waals surface area contributed by atoms with Gasteiger partial charge in [-0.1, -0.05) is 18.2 Å². The zero-order valence-corrected chi connectivity index (χ0v) is 18.8. The van der Waals surface area contributed by atoms with E-state index in [0.29, 0.717) is 23.8 Å². The van der Waals surface area contributed by atoms with Crippen molar-refractivity contribution >= 4 is 36.4 Å². The van der Waals surface area contributed by atoms with Gasteiger partial charge in [0.25, 0.3) is 5.91 Å². The van der Waals surface area contributed by atoms with Crippen molar-refractivity contribution in [3.05, 3.63) is 65.6 Å². The number of hydrogen-bond acceptors (Lipinski definition) is 4. The van der Waals surface area contributed by atoms with Gasteiger partial charge in [0.15, 0.2) is 0 Å². The van der Waals surface area contributed by atoms with E-state index in [0.717, 1.165) is 43.0 Å². The van der Waals surface area contributed by atoms with Crippen molar-refractivity contribution in [2.75, 3.05) is 26.7 Å². The molecule has 1 aliphatic rings. The van der Waals surface area contributed by atoms with Gasteiger partial charge in [-0.2, -0.15) is 0 Å². The third-order valence-corrected chi connectivity index (χ3v) is 5.29. The summed E-state index contributed by atoms with van der Waals surface area (Å²) in [6, 6.07) is 11.5. The van der Waals surface area contributed by atoms with Gasteiger partial charge in [-0.05, 0) is 56.6 Å². The van der Waals surface area contributed by atoms with Crippen LogP contribution in [0.1, 0.15) is 28.0 Å². The minimum Gasteiger partial charge on any atom is -0.486 e. The maximum Gasteiger partial charge on any atom is 0.257 e. The van der Waals surface area contributed by atoms with Crippen molar-refractivity contribution in [3.8, 4) is 5.75 Å². The summed E-state index contributed by atoms with van der Waals surface area (Å²) in [7, 11) is 1.95. The molecule has 4 rings (SSSR count). The second kappa shape index (κ2) is 10.7. The van der Waals surface area contributed by atoms with Crippen molar-refractivity contribution in [2.45, 2.75) is 20.0 Å². The molecule has 1 amide bonds. The standard InChI is InChI=1S/C22H26N4O2.2ClH/c1-16-6-5-10-25-14-18(24-21(16)25)15-28-20-8-4-3-7-19(20)22(27)26-11-9-17(13-26)12-23-2;;/h3-8,10,14,17,23H,9,11-13,15H2,1-2H3;2*1H. The van der Waals surface area contributed by atoms with E-state index in [2.05, 4.69) is 10.3 Å². The molecule has 1 atom stereocenters. The van der Waals surface area contributed by atoms with Gasteiger partial charge in [0, 0.05) is 25.5 Å². The highest BCUT2D eigenvalue weighted by atomic mass is 35.5. The highest BCUT2D eigenvalue weighted by Gasteiger charge is 2.28. The van der Waals surface area contributed by atoms with Gasteiger partial charge in [-0.25, -0.2) is 4.98 Å². The van der Waals surface area contributed by atoms with E-state index in [1.807, 2.05) is 72.1 Å². The smallest absolute Gasteiger partial charge is 0.257 e. The van der Waals surface area contributed by atoms with Crippen molar-refractivity contribution in [1.82, 2.24) is 19.6 Å². The molecule has 0 spiro atoms. The lowest BCUT2D eigenvalue weighted by atomic mass is 10.1. The summed E-state index contributed by atoms with van der Waals surface area (Å²) in [5, 5.41) is 3.20. The SMILES string of the molecule is CNCC1CCN(C(=O)c2ccccc2OCc2cn3cccc(C)c3n2)C1.Cl.Cl. The van der Waals surface area contributed by atoms with E-state index in [1.54, 1.807) is 0 Å². The summed E-state index contributed by atoms with van der Waals surface area (Å²) in [4.78, 5) is 19.6. The molecule has 3 aromatic rings. The number of rotatable bonds is 6. The largest absolute Gasteiger partial charge is 0.486 e. The number of para-hydroxylation sites is 1. The number of carbonyl (C=O) groups excluding carboxylic acids is 1. The van der Waals surface area contributed by atoms with Crippen LogP contribution in [-0.4, -0.2) is 46.9 Å². The molecule has 1 aromatic carbocycles. The van der Waals surface area contributed by atoms with E-state index in [9.17, 15) is 4.79 Å². The van der Waals surface area contributed by atoms with E-state index in [4.69, 9.17) is 4.74 Å². The number of aromatic nitrogens is 2. The fourth-order valence-corrected chi connectivity index (χ4v) is 3.84. The van der Waals surface area contributed by atoms with Crippen LogP contribution in [0.4, 0.5) is 0 Å².